The van der Waals surface area contributed by atoms with E-state index in [2.05, 4.69) is 50.4 Å². The molecule has 104 valence electrons. The number of hydrogen-bond acceptors (Lipinski definition) is 2. The summed E-state index contributed by atoms with van der Waals surface area (Å²) in [6.45, 7) is 4.63. The smallest absolute Gasteiger partial charge is 0.0388 e. The SMILES string of the molecule is Brc1ccccc1[C@@H](C1CCCC1)N1CCNCC1. The molecule has 0 bridgehead atoms. The highest BCUT2D eigenvalue weighted by atomic mass is 79.9. The molecule has 1 saturated heterocycles. The Kier molecular flexibility index (Phi) is 4.57. The van der Waals surface area contributed by atoms with Gasteiger partial charge in [-0.1, -0.05) is 47.0 Å². The molecule has 0 spiro atoms. The summed E-state index contributed by atoms with van der Waals surface area (Å²) in [6.07, 6.45) is 5.63. The second-order valence-corrected chi connectivity index (χ2v) is 6.65. The molecule has 2 aliphatic rings. The molecule has 19 heavy (non-hydrogen) atoms. The van der Waals surface area contributed by atoms with Crippen LogP contribution in [0.4, 0.5) is 0 Å². The first-order chi connectivity index (χ1) is 9.36. The van der Waals surface area contributed by atoms with Crippen molar-refractivity contribution in [1.82, 2.24) is 10.2 Å². The van der Waals surface area contributed by atoms with E-state index in [4.69, 9.17) is 0 Å². The zero-order valence-electron chi connectivity index (χ0n) is 11.4. The van der Waals surface area contributed by atoms with E-state index in [0.717, 1.165) is 19.0 Å². The van der Waals surface area contributed by atoms with Crippen LogP contribution in [0, 0.1) is 5.92 Å². The van der Waals surface area contributed by atoms with E-state index in [9.17, 15) is 0 Å². The van der Waals surface area contributed by atoms with Gasteiger partial charge in [0.15, 0.2) is 0 Å². The quantitative estimate of drug-likeness (QED) is 0.914. The average Bonchev–Trinajstić information content (AvgIpc) is 2.96. The van der Waals surface area contributed by atoms with E-state index < -0.39 is 0 Å². The van der Waals surface area contributed by atoms with Gasteiger partial charge in [-0.05, 0) is 30.4 Å². The maximum atomic E-state index is 3.77. The van der Waals surface area contributed by atoms with E-state index in [1.807, 2.05) is 0 Å². The zero-order valence-corrected chi connectivity index (χ0v) is 13.0. The summed E-state index contributed by atoms with van der Waals surface area (Å²) in [4.78, 5) is 2.70. The molecule has 2 fully saturated rings. The molecule has 1 saturated carbocycles. The van der Waals surface area contributed by atoms with Crippen molar-refractivity contribution in [2.24, 2.45) is 5.92 Å². The standard InChI is InChI=1S/C16H23BrN2/c17-15-8-4-3-7-14(15)16(13-5-1-2-6-13)19-11-9-18-10-12-19/h3-4,7-8,13,16,18H,1-2,5-6,9-12H2/t16-/m1/s1. The fourth-order valence-corrected chi connectivity index (χ4v) is 4.22. The summed E-state index contributed by atoms with van der Waals surface area (Å²) in [7, 11) is 0. The molecular weight excluding hydrogens is 300 g/mol. The number of benzene rings is 1. The third-order valence-corrected chi connectivity index (χ3v) is 5.34. The van der Waals surface area contributed by atoms with Crippen molar-refractivity contribution < 1.29 is 0 Å². The molecule has 1 heterocycles. The van der Waals surface area contributed by atoms with Crippen molar-refractivity contribution >= 4 is 15.9 Å². The number of piperazine rings is 1. The highest BCUT2D eigenvalue weighted by Crippen LogP contribution is 2.41. The van der Waals surface area contributed by atoms with Crippen LogP contribution in [0.2, 0.25) is 0 Å². The summed E-state index contributed by atoms with van der Waals surface area (Å²) in [5.74, 6) is 0.844. The molecule has 0 amide bonds. The van der Waals surface area contributed by atoms with Gasteiger partial charge in [-0.3, -0.25) is 4.90 Å². The molecular formula is C16H23BrN2. The van der Waals surface area contributed by atoms with Crippen LogP contribution < -0.4 is 5.32 Å². The van der Waals surface area contributed by atoms with E-state index in [0.29, 0.717) is 6.04 Å². The highest BCUT2D eigenvalue weighted by molar-refractivity contribution is 9.10. The number of nitrogens with zero attached hydrogens (tertiary/aromatic N) is 1. The number of halogens is 1. The summed E-state index contributed by atoms with van der Waals surface area (Å²) < 4.78 is 1.28. The highest BCUT2D eigenvalue weighted by Gasteiger charge is 2.32. The van der Waals surface area contributed by atoms with Crippen molar-refractivity contribution in [3.8, 4) is 0 Å². The van der Waals surface area contributed by atoms with E-state index in [-0.39, 0.29) is 0 Å². The van der Waals surface area contributed by atoms with Gasteiger partial charge in [0.1, 0.15) is 0 Å². The molecule has 0 radical (unpaired) electrons. The van der Waals surface area contributed by atoms with Crippen LogP contribution >= 0.6 is 15.9 Å². The van der Waals surface area contributed by atoms with Crippen molar-refractivity contribution in [1.29, 1.82) is 0 Å². The molecule has 0 aromatic heterocycles. The Morgan fingerprint density at radius 3 is 2.47 bits per heavy atom. The summed E-state index contributed by atoms with van der Waals surface area (Å²) in [6, 6.07) is 9.43. The predicted octanol–water partition coefficient (Wildman–Crippen LogP) is 3.59. The Hall–Kier alpha value is -0.380. The van der Waals surface area contributed by atoms with Gasteiger partial charge in [-0.15, -0.1) is 0 Å². The lowest BCUT2D eigenvalue weighted by Crippen LogP contribution is -2.46. The Morgan fingerprint density at radius 2 is 1.79 bits per heavy atom. The maximum Gasteiger partial charge on any atom is 0.0388 e. The molecule has 1 aliphatic heterocycles. The first-order valence-corrected chi connectivity index (χ1v) is 8.35. The Bertz CT molecular complexity index is 409. The Morgan fingerprint density at radius 1 is 1.11 bits per heavy atom. The van der Waals surface area contributed by atoms with Crippen LogP contribution in [0.15, 0.2) is 28.7 Å². The van der Waals surface area contributed by atoms with E-state index in [1.54, 1.807) is 0 Å². The van der Waals surface area contributed by atoms with Gasteiger partial charge >= 0.3 is 0 Å². The first-order valence-electron chi connectivity index (χ1n) is 7.55. The monoisotopic (exact) mass is 322 g/mol. The summed E-state index contributed by atoms with van der Waals surface area (Å²) >= 11 is 3.77. The Labute approximate surface area is 124 Å². The maximum absolute atomic E-state index is 3.77. The molecule has 2 nitrogen and oxygen atoms in total. The van der Waals surface area contributed by atoms with Crippen LogP contribution in [-0.4, -0.2) is 31.1 Å². The van der Waals surface area contributed by atoms with Gasteiger partial charge in [0.05, 0.1) is 0 Å². The fraction of sp³-hybridized carbons (Fsp3) is 0.625. The first kappa shape index (κ1) is 13.6. The van der Waals surface area contributed by atoms with Crippen LogP contribution in [0.1, 0.15) is 37.3 Å². The minimum Gasteiger partial charge on any atom is -0.314 e. The molecule has 1 N–H and O–H groups in total. The molecule has 1 atom stereocenters. The average molecular weight is 323 g/mol. The van der Waals surface area contributed by atoms with Crippen LogP contribution in [0.25, 0.3) is 0 Å². The van der Waals surface area contributed by atoms with Crippen LogP contribution in [0.3, 0.4) is 0 Å². The third kappa shape index (κ3) is 3.04. The lowest BCUT2D eigenvalue weighted by molar-refractivity contribution is 0.125. The van der Waals surface area contributed by atoms with Crippen molar-refractivity contribution in [3.63, 3.8) is 0 Å². The number of rotatable bonds is 3. The summed E-state index contributed by atoms with van der Waals surface area (Å²) in [5.41, 5.74) is 1.50. The third-order valence-electron chi connectivity index (χ3n) is 4.62. The minimum atomic E-state index is 0.611. The van der Waals surface area contributed by atoms with Gasteiger partial charge in [0.25, 0.3) is 0 Å². The molecule has 3 heteroatoms. The van der Waals surface area contributed by atoms with Crippen molar-refractivity contribution in [2.75, 3.05) is 26.2 Å². The predicted molar refractivity (Wildman–Crippen MR) is 83.3 cm³/mol. The largest absolute Gasteiger partial charge is 0.314 e. The van der Waals surface area contributed by atoms with Crippen LogP contribution in [-0.2, 0) is 0 Å². The second-order valence-electron chi connectivity index (χ2n) is 5.80. The lowest BCUT2D eigenvalue weighted by atomic mass is 9.90. The minimum absolute atomic E-state index is 0.611. The summed E-state index contributed by atoms with van der Waals surface area (Å²) in [5, 5.41) is 3.47. The van der Waals surface area contributed by atoms with Gasteiger partial charge in [-0.2, -0.15) is 0 Å². The zero-order chi connectivity index (χ0) is 13.1. The molecule has 3 rings (SSSR count). The topological polar surface area (TPSA) is 15.3 Å². The molecule has 0 unspecified atom stereocenters. The van der Waals surface area contributed by atoms with Gasteiger partial charge in [-0.25, -0.2) is 0 Å². The van der Waals surface area contributed by atoms with Crippen LogP contribution in [0.5, 0.6) is 0 Å². The van der Waals surface area contributed by atoms with Crippen molar-refractivity contribution in [3.05, 3.63) is 34.3 Å². The normalized spacial score (nSPS) is 23.6. The second kappa shape index (κ2) is 6.38. The van der Waals surface area contributed by atoms with Gasteiger partial charge < -0.3 is 5.32 Å². The van der Waals surface area contributed by atoms with E-state index >= 15 is 0 Å². The molecule has 1 aliphatic carbocycles. The fourth-order valence-electron chi connectivity index (χ4n) is 3.70. The van der Waals surface area contributed by atoms with E-state index in [1.165, 1.54) is 48.8 Å². The molecule has 1 aromatic rings. The lowest BCUT2D eigenvalue weighted by Gasteiger charge is -2.39. The van der Waals surface area contributed by atoms with Gasteiger partial charge in [0.2, 0.25) is 0 Å². The molecule has 1 aromatic carbocycles. The number of nitrogens with one attached hydrogen (secondary N) is 1. The van der Waals surface area contributed by atoms with Crippen molar-refractivity contribution in [2.45, 2.75) is 31.7 Å². The van der Waals surface area contributed by atoms with Gasteiger partial charge in [0, 0.05) is 36.7 Å². The Balaban J connectivity index is 1.88. The number of hydrogen-bond donors (Lipinski definition) is 1.